The van der Waals surface area contributed by atoms with E-state index < -0.39 is 23.8 Å². The fraction of sp³-hybridized carbons (Fsp3) is 0.500. The molecule has 4 nitrogen and oxygen atoms in total. The number of hydrogen-bond donors (Lipinski definition) is 2. The molecule has 0 bridgehead atoms. The summed E-state index contributed by atoms with van der Waals surface area (Å²) in [5.74, 6) is -0.461. The van der Waals surface area contributed by atoms with Crippen LogP contribution in [-0.4, -0.2) is 43.8 Å². The topological polar surface area (TPSA) is 44.4 Å². The van der Waals surface area contributed by atoms with Gasteiger partial charge in [0.1, 0.15) is 6.17 Å². The molecule has 0 saturated carbocycles. The second-order valence-electron chi connectivity index (χ2n) is 5.03. The zero-order valence-corrected chi connectivity index (χ0v) is 11.9. The molecule has 1 unspecified atom stereocenters. The first kappa shape index (κ1) is 15.6. The smallest absolute Gasteiger partial charge is 0.353 e. The van der Waals surface area contributed by atoms with E-state index in [1.54, 1.807) is 14.1 Å². The highest BCUT2D eigenvalue weighted by Crippen LogP contribution is 2.38. The Balaban J connectivity index is 2.47. The van der Waals surface area contributed by atoms with Crippen molar-refractivity contribution in [2.75, 3.05) is 20.6 Å². The van der Waals surface area contributed by atoms with Gasteiger partial charge in [-0.15, -0.1) is 0 Å². The van der Waals surface area contributed by atoms with Crippen molar-refractivity contribution >= 4 is 5.91 Å². The zero-order valence-electron chi connectivity index (χ0n) is 11.9. The molecule has 2 aliphatic rings. The van der Waals surface area contributed by atoms with Crippen LogP contribution in [0, 0.1) is 0 Å². The number of hydrogen-bond acceptors (Lipinski definition) is 3. The number of carbonyl (C=O) groups is 1. The lowest BCUT2D eigenvalue weighted by atomic mass is 9.99. The van der Waals surface area contributed by atoms with Crippen LogP contribution in [0.4, 0.5) is 13.2 Å². The molecular weight excluding hydrogens is 283 g/mol. The number of carbonyl (C=O) groups excluding carboxylic acids is 1. The van der Waals surface area contributed by atoms with Gasteiger partial charge in [0, 0.05) is 7.05 Å². The predicted octanol–water partition coefficient (Wildman–Crippen LogP) is 1.69. The van der Waals surface area contributed by atoms with Gasteiger partial charge < -0.3 is 15.5 Å². The first-order valence-corrected chi connectivity index (χ1v) is 6.72. The Morgan fingerprint density at radius 1 is 1.48 bits per heavy atom. The first-order chi connectivity index (χ1) is 9.86. The molecule has 0 spiro atoms. The summed E-state index contributed by atoms with van der Waals surface area (Å²) < 4.78 is 39.8. The number of halogens is 3. The van der Waals surface area contributed by atoms with Crippen LogP contribution in [0.5, 0.6) is 0 Å². The molecule has 2 rings (SSSR count). The molecule has 1 heterocycles. The van der Waals surface area contributed by atoms with Gasteiger partial charge in [0.05, 0.1) is 16.8 Å². The largest absolute Gasteiger partial charge is 0.414 e. The van der Waals surface area contributed by atoms with Crippen LogP contribution in [0.3, 0.4) is 0 Å². The van der Waals surface area contributed by atoms with E-state index in [1.165, 1.54) is 23.1 Å². The predicted molar refractivity (Wildman–Crippen MR) is 73.2 cm³/mol. The van der Waals surface area contributed by atoms with E-state index in [-0.39, 0.29) is 17.7 Å². The van der Waals surface area contributed by atoms with Crippen LogP contribution < -0.4 is 10.6 Å². The van der Waals surface area contributed by atoms with Crippen LogP contribution in [0.2, 0.25) is 0 Å². The lowest BCUT2D eigenvalue weighted by molar-refractivity contribution is -0.120. The molecule has 1 aliphatic carbocycles. The maximum absolute atomic E-state index is 13.3. The van der Waals surface area contributed by atoms with Gasteiger partial charge in [-0.3, -0.25) is 4.79 Å². The van der Waals surface area contributed by atoms with Gasteiger partial charge in [0.2, 0.25) is 0 Å². The Labute approximate surface area is 121 Å². The van der Waals surface area contributed by atoms with Gasteiger partial charge >= 0.3 is 6.18 Å². The Hall–Kier alpha value is -1.76. The van der Waals surface area contributed by atoms with Crippen LogP contribution in [-0.2, 0) is 4.79 Å². The standard InChI is InChI=1S/C14H18F3N3O/c1-18-8-7-11-19-13(21)9-5-3-4-6-10(14(15,16)17)12(9)20(11)2/h3-5,11,18H,6-8H2,1-2H3,(H,19,21). The van der Waals surface area contributed by atoms with Crippen LogP contribution in [0.15, 0.2) is 35.1 Å². The van der Waals surface area contributed by atoms with Crippen molar-refractivity contribution in [2.24, 2.45) is 0 Å². The number of amides is 1. The van der Waals surface area contributed by atoms with E-state index in [9.17, 15) is 18.0 Å². The van der Waals surface area contributed by atoms with Crippen molar-refractivity contribution in [1.82, 2.24) is 15.5 Å². The highest BCUT2D eigenvalue weighted by Gasteiger charge is 2.42. The number of likely N-dealkylation sites (N-methyl/N-ethyl adjacent to an activating group) is 1. The van der Waals surface area contributed by atoms with Crippen molar-refractivity contribution in [3.05, 3.63) is 35.1 Å². The van der Waals surface area contributed by atoms with Gasteiger partial charge in [-0.25, -0.2) is 0 Å². The van der Waals surface area contributed by atoms with E-state index in [4.69, 9.17) is 0 Å². The van der Waals surface area contributed by atoms with E-state index in [0.29, 0.717) is 13.0 Å². The second-order valence-corrected chi connectivity index (χ2v) is 5.03. The molecule has 1 saturated heterocycles. The monoisotopic (exact) mass is 301 g/mol. The minimum absolute atomic E-state index is 0.0163. The van der Waals surface area contributed by atoms with Crippen molar-refractivity contribution in [2.45, 2.75) is 25.2 Å². The van der Waals surface area contributed by atoms with E-state index in [0.717, 1.165) is 0 Å². The summed E-state index contributed by atoms with van der Waals surface area (Å²) in [6.45, 7) is 0.598. The highest BCUT2D eigenvalue weighted by atomic mass is 19.4. The molecular formula is C14H18F3N3O. The van der Waals surface area contributed by atoms with E-state index >= 15 is 0 Å². The summed E-state index contributed by atoms with van der Waals surface area (Å²) in [6, 6.07) is 0. The summed E-state index contributed by atoms with van der Waals surface area (Å²) >= 11 is 0. The van der Waals surface area contributed by atoms with E-state index in [2.05, 4.69) is 10.6 Å². The Bertz CT molecular complexity index is 520. The lowest BCUT2D eigenvalue weighted by Gasteiger charge is -2.39. The summed E-state index contributed by atoms with van der Waals surface area (Å²) in [5.41, 5.74) is -0.619. The maximum atomic E-state index is 13.3. The summed E-state index contributed by atoms with van der Waals surface area (Å²) in [5, 5.41) is 5.68. The normalized spacial score (nSPS) is 22.7. The molecule has 0 aromatic heterocycles. The maximum Gasteiger partial charge on any atom is 0.414 e. The number of alkyl halides is 3. The van der Waals surface area contributed by atoms with Crippen molar-refractivity contribution in [1.29, 1.82) is 0 Å². The lowest BCUT2D eigenvalue weighted by Crippen LogP contribution is -2.53. The number of rotatable bonds is 3. The molecule has 0 aromatic rings. The van der Waals surface area contributed by atoms with Gasteiger partial charge in [0.15, 0.2) is 0 Å². The number of nitrogens with one attached hydrogen (secondary N) is 2. The molecule has 116 valence electrons. The average Bonchev–Trinajstić information content (AvgIpc) is 2.63. The Kier molecular flexibility index (Phi) is 4.41. The second kappa shape index (κ2) is 5.93. The first-order valence-electron chi connectivity index (χ1n) is 6.72. The number of allylic oxidation sites excluding steroid dienone is 4. The molecule has 1 amide bonds. The summed E-state index contributed by atoms with van der Waals surface area (Å²) in [4.78, 5) is 13.6. The Morgan fingerprint density at radius 3 is 2.81 bits per heavy atom. The van der Waals surface area contributed by atoms with Crippen molar-refractivity contribution < 1.29 is 18.0 Å². The third-order valence-corrected chi connectivity index (χ3v) is 3.63. The van der Waals surface area contributed by atoms with E-state index in [1.807, 2.05) is 0 Å². The van der Waals surface area contributed by atoms with Crippen LogP contribution in [0.25, 0.3) is 0 Å². The molecule has 7 heteroatoms. The molecule has 2 N–H and O–H groups in total. The number of nitrogens with zero attached hydrogens (tertiary/aromatic N) is 1. The summed E-state index contributed by atoms with van der Waals surface area (Å²) in [7, 11) is 3.34. The fourth-order valence-electron chi connectivity index (χ4n) is 2.55. The fourth-order valence-corrected chi connectivity index (χ4v) is 2.55. The third-order valence-electron chi connectivity index (χ3n) is 3.63. The molecule has 0 radical (unpaired) electrons. The average molecular weight is 301 g/mol. The minimum atomic E-state index is -4.46. The molecule has 1 atom stereocenters. The SMILES string of the molecule is CNCCC1NC(=O)C2=CC=CCC(C(F)(F)F)=C2N1C. The highest BCUT2D eigenvalue weighted by molar-refractivity contribution is 5.99. The third kappa shape index (κ3) is 3.12. The quantitative estimate of drug-likeness (QED) is 0.834. The molecule has 21 heavy (non-hydrogen) atoms. The van der Waals surface area contributed by atoms with Crippen molar-refractivity contribution in [3.63, 3.8) is 0 Å². The minimum Gasteiger partial charge on any atom is -0.353 e. The van der Waals surface area contributed by atoms with Crippen molar-refractivity contribution in [3.8, 4) is 0 Å². The molecule has 1 fully saturated rings. The summed E-state index contributed by atoms with van der Waals surface area (Å²) in [6.07, 6.45) is -0.257. The Morgan fingerprint density at radius 2 is 2.19 bits per heavy atom. The molecule has 0 aromatic carbocycles. The zero-order chi connectivity index (χ0) is 15.6. The van der Waals surface area contributed by atoms with Crippen LogP contribution in [0.1, 0.15) is 12.8 Å². The van der Waals surface area contributed by atoms with Gasteiger partial charge in [-0.1, -0.05) is 12.2 Å². The van der Waals surface area contributed by atoms with Gasteiger partial charge in [-0.05, 0) is 32.5 Å². The van der Waals surface area contributed by atoms with Gasteiger partial charge in [-0.2, -0.15) is 13.2 Å². The number of fused-ring (bicyclic) bond motifs is 1. The van der Waals surface area contributed by atoms with Gasteiger partial charge in [0.25, 0.3) is 5.91 Å². The molecule has 1 aliphatic heterocycles. The van der Waals surface area contributed by atoms with Crippen LogP contribution >= 0.6 is 0 Å².